The van der Waals surface area contributed by atoms with Gasteiger partial charge in [0.2, 0.25) is 0 Å². The van der Waals surface area contributed by atoms with Crippen molar-refractivity contribution in [2.45, 2.75) is 13.8 Å². The summed E-state index contributed by atoms with van der Waals surface area (Å²) in [5.74, 6) is 1.04. The molecule has 3 aromatic rings. The number of benzene rings is 3. The molecule has 0 radical (unpaired) electrons. The first-order valence-electron chi connectivity index (χ1n) is 9.46. The number of fused-ring (bicyclic) bond motifs is 1. The van der Waals surface area contributed by atoms with Crippen molar-refractivity contribution in [3.05, 3.63) is 71.8 Å². The zero-order valence-electron chi connectivity index (χ0n) is 16.4. The molecular formula is C24H22N2O3. The van der Waals surface area contributed by atoms with Crippen LogP contribution in [0.3, 0.4) is 0 Å². The first-order valence-corrected chi connectivity index (χ1v) is 9.46. The number of nitriles is 1. The molecule has 1 amide bonds. The molecule has 0 fully saturated rings. The summed E-state index contributed by atoms with van der Waals surface area (Å²) in [6.45, 7) is 4.97. The molecule has 146 valence electrons. The highest BCUT2D eigenvalue weighted by Crippen LogP contribution is 2.30. The number of rotatable bonds is 7. The standard InChI is InChI=1S/C24H22N2O3/c1-3-28-20-12-10-19(11-13-20)26-24(27)18(16-25)15-17-9-14-23(29-4-2)22-8-6-5-7-21(17)22/h5-15H,3-4H2,1-2H3,(H,26,27). The highest BCUT2D eigenvalue weighted by atomic mass is 16.5. The predicted octanol–water partition coefficient (Wildman–Crippen LogP) is 5.18. The van der Waals surface area contributed by atoms with E-state index in [9.17, 15) is 10.1 Å². The molecule has 0 heterocycles. The fourth-order valence-corrected chi connectivity index (χ4v) is 3.01. The molecule has 29 heavy (non-hydrogen) atoms. The summed E-state index contributed by atoms with van der Waals surface area (Å²) >= 11 is 0. The van der Waals surface area contributed by atoms with Gasteiger partial charge >= 0.3 is 0 Å². The molecular weight excluding hydrogens is 364 g/mol. The zero-order valence-corrected chi connectivity index (χ0v) is 16.4. The van der Waals surface area contributed by atoms with Crippen LogP contribution in [0, 0.1) is 11.3 Å². The lowest BCUT2D eigenvalue weighted by Gasteiger charge is -2.10. The number of anilines is 1. The van der Waals surface area contributed by atoms with E-state index < -0.39 is 5.91 Å². The number of carbonyl (C=O) groups is 1. The zero-order chi connectivity index (χ0) is 20.6. The molecule has 5 heteroatoms. The highest BCUT2D eigenvalue weighted by Gasteiger charge is 2.12. The monoisotopic (exact) mass is 386 g/mol. The van der Waals surface area contributed by atoms with Crippen LogP contribution in [0.25, 0.3) is 16.8 Å². The molecule has 0 aliphatic carbocycles. The number of nitrogens with one attached hydrogen (secondary N) is 1. The van der Waals surface area contributed by atoms with Gasteiger partial charge in [0.1, 0.15) is 23.1 Å². The van der Waals surface area contributed by atoms with Crippen LogP contribution in [0.2, 0.25) is 0 Å². The molecule has 0 aliphatic heterocycles. The third-order valence-electron chi connectivity index (χ3n) is 4.31. The van der Waals surface area contributed by atoms with E-state index >= 15 is 0 Å². The summed E-state index contributed by atoms with van der Waals surface area (Å²) in [6.07, 6.45) is 1.60. The predicted molar refractivity (Wildman–Crippen MR) is 115 cm³/mol. The van der Waals surface area contributed by atoms with Crippen LogP contribution in [0.1, 0.15) is 19.4 Å². The molecule has 0 aliphatic rings. The van der Waals surface area contributed by atoms with Gasteiger partial charge in [-0.1, -0.05) is 30.3 Å². The minimum absolute atomic E-state index is 0.0215. The lowest BCUT2D eigenvalue weighted by Crippen LogP contribution is -2.13. The number of carbonyl (C=O) groups excluding carboxylic acids is 1. The molecule has 0 bridgehead atoms. The van der Waals surface area contributed by atoms with Gasteiger partial charge < -0.3 is 14.8 Å². The highest BCUT2D eigenvalue weighted by molar-refractivity contribution is 6.11. The molecule has 0 spiro atoms. The van der Waals surface area contributed by atoms with Gasteiger partial charge in [0.15, 0.2) is 0 Å². The van der Waals surface area contributed by atoms with Crippen molar-refractivity contribution >= 4 is 28.4 Å². The Labute approximate surface area is 170 Å². The summed E-state index contributed by atoms with van der Waals surface area (Å²) in [5, 5.41) is 14.1. The van der Waals surface area contributed by atoms with Crippen LogP contribution in [-0.2, 0) is 4.79 Å². The third-order valence-corrected chi connectivity index (χ3v) is 4.31. The first-order chi connectivity index (χ1) is 14.2. The van der Waals surface area contributed by atoms with Crippen molar-refractivity contribution in [2.75, 3.05) is 18.5 Å². The first kappa shape index (κ1) is 20.0. The molecule has 0 atom stereocenters. The largest absolute Gasteiger partial charge is 0.494 e. The van der Waals surface area contributed by atoms with Crippen LogP contribution in [0.15, 0.2) is 66.2 Å². The van der Waals surface area contributed by atoms with Crippen LogP contribution >= 0.6 is 0 Å². The van der Waals surface area contributed by atoms with Gasteiger partial charge in [0.25, 0.3) is 5.91 Å². The molecule has 0 unspecified atom stereocenters. The summed E-state index contributed by atoms with van der Waals surface area (Å²) in [6, 6.07) is 20.5. The van der Waals surface area contributed by atoms with Gasteiger partial charge in [-0.05, 0) is 61.2 Å². The minimum Gasteiger partial charge on any atom is -0.494 e. The summed E-state index contributed by atoms with van der Waals surface area (Å²) in [4.78, 5) is 12.6. The molecule has 0 saturated carbocycles. The number of hydrogen-bond acceptors (Lipinski definition) is 4. The minimum atomic E-state index is -0.463. The second-order valence-electron chi connectivity index (χ2n) is 6.21. The van der Waals surface area contributed by atoms with Crippen molar-refractivity contribution in [2.24, 2.45) is 0 Å². The van der Waals surface area contributed by atoms with Gasteiger partial charge in [0, 0.05) is 11.1 Å². The average molecular weight is 386 g/mol. The van der Waals surface area contributed by atoms with Gasteiger partial charge in [-0.15, -0.1) is 0 Å². The Hall–Kier alpha value is -3.78. The normalized spacial score (nSPS) is 11.0. The Morgan fingerprint density at radius 1 is 0.966 bits per heavy atom. The van der Waals surface area contributed by atoms with Crippen LogP contribution in [0.5, 0.6) is 11.5 Å². The van der Waals surface area contributed by atoms with E-state index in [0.717, 1.165) is 27.8 Å². The summed E-state index contributed by atoms with van der Waals surface area (Å²) in [7, 11) is 0. The van der Waals surface area contributed by atoms with E-state index in [1.807, 2.05) is 56.3 Å². The molecule has 3 aromatic carbocycles. The number of ether oxygens (including phenoxy) is 2. The molecule has 3 rings (SSSR count). The van der Waals surface area contributed by atoms with Crippen molar-refractivity contribution < 1.29 is 14.3 Å². The molecule has 0 saturated heterocycles. The van der Waals surface area contributed by atoms with E-state index in [1.54, 1.807) is 30.3 Å². The van der Waals surface area contributed by atoms with Crippen molar-refractivity contribution in [3.8, 4) is 17.6 Å². The average Bonchev–Trinajstić information content (AvgIpc) is 2.75. The fourth-order valence-electron chi connectivity index (χ4n) is 3.01. The van der Waals surface area contributed by atoms with E-state index in [-0.39, 0.29) is 5.57 Å². The summed E-state index contributed by atoms with van der Waals surface area (Å²) in [5.41, 5.74) is 1.40. The molecule has 0 aromatic heterocycles. The van der Waals surface area contributed by atoms with Crippen molar-refractivity contribution in [3.63, 3.8) is 0 Å². The SMILES string of the molecule is CCOc1ccc(NC(=O)C(C#N)=Cc2ccc(OCC)c3ccccc23)cc1. The summed E-state index contributed by atoms with van der Waals surface area (Å²) < 4.78 is 11.1. The van der Waals surface area contributed by atoms with Gasteiger partial charge in [-0.3, -0.25) is 4.79 Å². The van der Waals surface area contributed by atoms with Gasteiger partial charge in [-0.2, -0.15) is 5.26 Å². The van der Waals surface area contributed by atoms with E-state index in [0.29, 0.717) is 18.9 Å². The fraction of sp³-hybridized carbons (Fsp3) is 0.167. The smallest absolute Gasteiger partial charge is 0.266 e. The topological polar surface area (TPSA) is 71.3 Å². The van der Waals surface area contributed by atoms with E-state index in [4.69, 9.17) is 9.47 Å². The Morgan fingerprint density at radius 2 is 1.66 bits per heavy atom. The maximum Gasteiger partial charge on any atom is 0.266 e. The van der Waals surface area contributed by atoms with Crippen molar-refractivity contribution in [1.29, 1.82) is 5.26 Å². The third kappa shape index (κ3) is 4.74. The Balaban J connectivity index is 1.88. The second-order valence-corrected chi connectivity index (χ2v) is 6.21. The van der Waals surface area contributed by atoms with E-state index in [2.05, 4.69) is 5.32 Å². The van der Waals surface area contributed by atoms with Crippen LogP contribution in [-0.4, -0.2) is 19.1 Å². The Kier molecular flexibility index (Phi) is 6.49. The Bertz CT molecular complexity index is 1080. The lowest BCUT2D eigenvalue weighted by molar-refractivity contribution is -0.112. The van der Waals surface area contributed by atoms with Gasteiger partial charge in [-0.25, -0.2) is 0 Å². The van der Waals surface area contributed by atoms with Crippen LogP contribution < -0.4 is 14.8 Å². The maximum atomic E-state index is 12.6. The molecule has 1 N–H and O–H groups in total. The second kappa shape index (κ2) is 9.43. The van der Waals surface area contributed by atoms with Gasteiger partial charge in [0.05, 0.1) is 13.2 Å². The Morgan fingerprint density at radius 3 is 2.31 bits per heavy atom. The number of hydrogen-bond donors (Lipinski definition) is 1. The number of nitrogens with zero attached hydrogens (tertiary/aromatic N) is 1. The van der Waals surface area contributed by atoms with Crippen LogP contribution in [0.4, 0.5) is 5.69 Å². The quantitative estimate of drug-likeness (QED) is 0.448. The maximum absolute atomic E-state index is 12.6. The molecule has 5 nitrogen and oxygen atoms in total. The van der Waals surface area contributed by atoms with Crippen molar-refractivity contribution in [1.82, 2.24) is 0 Å². The number of amides is 1. The lowest BCUT2D eigenvalue weighted by atomic mass is 10.0. The van der Waals surface area contributed by atoms with E-state index in [1.165, 1.54) is 0 Å².